The Bertz CT molecular complexity index is 1940. The number of anilines is 2. The second-order valence-electron chi connectivity index (χ2n) is 10.1. The highest BCUT2D eigenvalue weighted by Gasteiger charge is 2.26. The number of nitrogens with zero attached hydrogens (tertiary/aromatic N) is 8. The molecule has 1 fully saturated rings. The van der Waals surface area contributed by atoms with E-state index in [1.165, 1.54) is 23.5 Å². The Morgan fingerprint density at radius 3 is 2.60 bits per heavy atom. The Balaban J connectivity index is 1.23. The van der Waals surface area contributed by atoms with Crippen LogP contribution in [0.4, 0.5) is 16.0 Å². The van der Waals surface area contributed by atoms with Gasteiger partial charge in [0, 0.05) is 43.7 Å². The summed E-state index contributed by atoms with van der Waals surface area (Å²) in [4.78, 5) is 29.2. The largest absolute Gasteiger partial charge is 0.378 e. The van der Waals surface area contributed by atoms with Crippen LogP contribution in [0.15, 0.2) is 67.1 Å². The van der Waals surface area contributed by atoms with Crippen molar-refractivity contribution in [1.29, 1.82) is 0 Å². The van der Waals surface area contributed by atoms with Gasteiger partial charge in [-0.15, -0.1) is 11.3 Å². The second-order valence-corrected chi connectivity index (χ2v) is 11.1. The number of amides is 1. The van der Waals surface area contributed by atoms with E-state index in [2.05, 4.69) is 25.2 Å². The maximum atomic E-state index is 13.8. The molecule has 0 spiro atoms. The van der Waals surface area contributed by atoms with Gasteiger partial charge < -0.3 is 15.0 Å². The first-order chi connectivity index (χ1) is 20.9. The number of aryl methyl sites for hydroxylation is 2. The molecule has 0 aliphatic carbocycles. The average molecular weight is 596 g/mol. The van der Waals surface area contributed by atoms with E-state index in [1.54, 1.807) is 42.2 Å². The number of imidazole rings is 1. The van der Waals surface area contributed by atoms with E-state index < -0.39 is 0 Å². The molecule has 1 aliphatic rings. The number of pyridine rings is 1. The molecule has 0 unspecified atom stereocenters. The maximum absolute atomic E-state index is 13.8. The van der Waals surface area contributed by atoms with Crippen molar-refractivity contribution < 1.29 is 13.9 Å². The lowest BCUT2D eigenvalue weighted by atomic mass is 10.0. The van der Waals surface area contributed by atoms with Gasteiger partial charge in [-0.25, -0.2) is 18.9 Å². The van der Waals surface area contributed by atoms with Crippen molar-refractivity contribution in [3.63, 3.8) is 0 Å². The number of ether oxygens (including phenoxy) is 1. The average Bonchev–Trinajstić information content (AvgIpc) is 3.72. The van der Waals surface area contributed by atoms with Crippen LogP contribution >= 0.6 is 11.3 Å². The Hall–Kier alpha value is -5.01. The standard InChI is InChI=1S/C30H26FN9O2S/c1-18-27(43-29(33-18)20-4-3-11-32-16-20)28(41)35-23-17-40-24(34-23)10-9-22(36-40)25-26(19-5-7-21(31)8-6-19)37-38(2)30(25)39-12-14-42-15-13-39/h3-11,16-17H,12-15H2,1-2H3,(H,35,41). The summed E-state index contributed by atoms with van der Waals surface area (Å²) in [5.41, 5.74) is 5.00. The maximum Gasteiger partial charge on any atom is 0.268 e. The summed E-state index contributed by atoms with van der Waals surface area (Å²) in [6.45, 7) is 4.44. The summed E-state index contributed by atoms with van der Waals surface area (Å²) in [6, 6.07) is 13.8. The van der Waals surface area contributed by atoms with E-state index in [0.29, 0.717) is 59.7 Å². The Kier molecular flexibility index (Phi) is 6.87. The molecule has 1 amide bonds. The number of hydrogen-bond acceptors (Lipinski definition) is 9. The van der Waals surface area contributed by atoms with E-state index in [4.69, 9.17) is 14.9 Å². The Morgan fingerprint density at radius 1 is 1.02 bits per heavy atom. The first-order valence-corrected chi connectivity index (χ1v) is 14.5. The molecule has 216 valence electrons. The molecule has 1 N–H and O–H groups in total. The van der Waals surface area contributed by atoms with Gasteiger partial charge in [-0.3, -0.25) is 14.5 Å². The van der Waals surface area contributed by atoms with Gasteiger partial charge in [-0.2, -0.15) is 10.2 Å². The van der Waals surface area contributed by atoms with Crippen molar-refractivity contribution in [2.75, 3.05) is 36.5 Å². The molecule has 0 radical (unpaired) electrons. The molecule has 1 aromatic carbocycles. The summed E-state index contributed by atoms with van der Waals surface area (Å²) >= 11 is 1.30. The van der Waals surface area contributed by atoms with Gasteiger partial charge in [0.05, 0.1) is 36.4 Å². The minimum absolute atomic E-state index is 0.297. The summed E-state index contributed by atoms with van der Waals surface area (Å²) in [5.74, 6) is 0.648. The second kappa shape index (κ2) is 11.0. The molecule has 13 heteroatoms. The van der Waals surface area contributed by atoms with Crippen molar-refractivity contribution in [2.24, 2.45) is 7.05 Å². The lowest BCUT2D eigenvalue weighted by molar-refractivity contribution is 0.102. The number of carbonyl (C=O) groups is 1. The fourth-order valence-corrected chi connectivity index (χ4v) is 6.12. The zero-order valence-electron chi connectivity index (χ0n) is 23.4. The minimum Gasteiger partial charge on any atom is -0.378 e. The summed E-state index contributed by atoms with van der Waals surface area (Å²) in [6.07, 6.45) is 5.10. The highest BCUT2D eigenvalue weighted by Crippen LogP contribution is 2.39. The monoisotopic (exact) mass is 595 g/mol. The summed E-state index contributed by atoms with van der Waals surface area (Å²) in [5, 5.41) is 13.3. The fraction of sp³-hybridized carbons (Fsp3) is 0.200. The van der Waals surface area contributed by atoms with Crippen molar-refractivity contribution >= 4 is 34.5 Å². The smallest absolute Gasteiger partial charge is 0.268 e. The third-order valence-corrected chi connectivity index (χ3v) is 8.38. The zero-order valence-corrected chi connectivity index (χ0v) is 24.2. The van der Waals surface area contributed by atoms with Crippen LogP contribution < -0.4 is 10.2 Å². The predicted molar refractivity (Wildman–Crippen MR) is 162 cm³/mol. The number of fused-ring (bicyclic) bond motifs is 1. The predicted octanol–water partition coefficient (Wildman–Crippen LogP) is 4.85. The number of carbonyl (C=O) groups excluding carboxylic acids is 1. The molecule has 7 rings (SSSR count). The number of nitrogens with one attached hydrogen (secondary N) is 1. The van der Waals surface area contributed by atoms with Gasteiger partial charge in [0.15, 0.2) is 11.5 Å². The Morgan fingerprint density at radius 2 is 1.84 bits per heavy atom. The molecule has 0 bridgehead atoms. The van der Waals surface area contributed by atoms with E-state index in [0.717, 1.165) is 27.5 Å². The quantitative estimate of drug-likeness (QED) is 0.291. The third kappa shape index (κ3) is 5.13. The molecular formula is C30H26FN9O2S. The highest BCUT2D eigenvalue weighted by atomic mass is 32.1. The summed E-state index contributed by atoms with van der Waals surface area (Å²) in [7, 11) is 1.89. The van der Waals surface area contributed by atoms with Crippen molar-refractivity contribution in [3.05, 3.63) is 83.5 Å². The number of hydrogen-bond donors (Lipinski definition) is 1. The molecule has 1 aliphatic heterocycles. The fourth-order valence-electron chi connectivity index (χ4n) is 5.17. The molecule has 0 atom stereocenters. The van der Waals surface area contributed by atoms with Gasteiger partial charge in [0.1, 0.15) is 27.2 Å². The number of benzene rings is 1. The van der Waals surface area contributed by atoms with Crippen molar-refractivity contribution in [3.8, 4) is 33.1 Å². The molecule has 1 saturated heterocycles. The van der Waals surface area contributed by atoms with Crippen molar-refractivity contribution in [1.82, 2.24) is 34.3 Å². The van der Waals surface area contributed by atoms with Crippen LogP contribution in [-0.2, 0) is 11.8 Å². The molecule has 0 saturated carbocycles. The van der Waals surface area contributed by atoms with Crippen LogP contribution in [0.25, 0.3) is 38.7 Å². The van der Waals surface area contributed by atoms with E-state index in [-0.39, 0.29) is 11.7 Å². The highest BCUT2D eigenvalue weighted by molar-refractivity contribution is 7.17. The Labute approximate surface area is 249 Å². The number of morpholine rings is 1. The normalized spacial score (nSPS) is 13.5. The lowest BCUT2D eigenvalue weighted by Crippen LogP contribution is -2.37. The minimum atomic E-state index is -0.316. The van der Waals surface area contributed by atoms with Crippen LogP contribution in [0.5, 0.6) is 0 Å². The molecule has 6 heterocycles. The van der Waals surface area contributed by atoms with Crippen molar-refractivity contribution in [2.45, 2.75) is 6.92 Å². The van der Waals surface area contributed by atoms with Crippen LogP contribution in [0.2, 0.25) is 0 Å². The third-order valence-electron chi connectivity index (χ3n) is 7.17. The van der Waals surface area contributed by atoms with Crippen LogP contribution in [0, 0.1) is 12.7 Å². The van der Waals surface area contributed by atoms with Gasteiger partial charge in [-0.1, -0.05) is 0 Å². The van der Waals surface area contributed by atoms with Crippen LogP contribution in [0.1, 0.15) is 15.4 Å². The first kappa shape index (κ1) is 26.9. The number of aromatic nitrogens is 7. The van der Waals surface area contributed by atoms with Gasteiger partial charge in [-0.05, 0) is 55.5 Å². The van der Waals surface area contributed by atoms with E-state index >= 15 is 0 Å². The first-order valence-electron chi connectivity index (χ1n) is 13.7. The molecule has 5 aromatic heterocycles. The van der Waals surface area contributed by atoms with E-state index in [9.17, 15) is 9.18 Å². The molecule has 6 aromatic rings. The topological polar surface area (TPSA) is 115 Å². The van der Waals surface area contributed by atoms with Crippen LogP contribution in [0.3, 0.4) is 0 Å². The zero-order chi connectivity index (χ0) is 29.5. The molecule has 43 heavy (non-hydrogen) atoms. The van der Waals surface area contributed by atoms with Gasteiger partial charge in [0.2, 0.25) is 0 Å². The van der Waals surface area contributed by atoms with Crippen LogP contribution in [-0.4, -0.2) is 66.6 Å². The van der Waals surface area contributed by atoms with Gasteiger partial charge >= 0.3 is 0 Å². The SMILES string of the molecule is Cc1nc(-c2cccnc2)sc1C(=O)Nc1cn2nc(-c3c(-c4ccc(F)cc4)nn(C)c3N3CCOCC3)ccc2n1. The van der Waals surface area contributed by atoms with Gasteiger partial charge in [0.25, 0.3) is 5.91 Å². The lowest BCUT2D eigenvalue weighted by Gasteiger charge is -2.29. The molecule has 11 nitrogen and oxygen atoms in total. The number of halogens is 1. The summed E-state index contributed by atoms with van der Waals surface area (Å²) < 4.78 is 22.8. The van der Waals surface area contributed by atoms with E-state index in [1.807, 2.05) is 36.0 Å². The number of rotatable bonds is 6. The molecular weight excluding hydrogens is 569 g/mol. The number of thiazole rings is 1.